The number of ether oxygens (including phenoxy) is 1. The fourth-order valence-corrected chi connectivity index (χ4v) is 2.43. The van der Waals surface area contributed by atoms with Crippen molar-refractivity contribution in [1.82, 2.24) is 0 Å². The summed E-state index contributed by atoms with van der Waals surface area (Å²) in [4.78, 5) is 4.51. The van der Waals surface area contributed by atoms with Crippen LogP contribution in [0, 0.1) is 5.82 Å². The van der Waals surface area contributed by atoms with Crippen molar-refractivity contribution in [3.63, 3.8) is 0 Å². The molecule has 1 aliphatic heterocycles. The first-order valence-electron chi connectivity index (χ1n) is 5.91. The van der Waals surface area contributed by atoms with Crippen LogP contribution in [0.2, 0.25) is 0 Å². The van der Waals surface area contributed by atoms with E-state index in [1.807, 2.05) is 0 Å². The molecule has 4 heteroatoms. The first kappa shape index (κ1) is 10.7. The number of hydrogen-bond acceptors (Lipinski definition) is 3. The van der Waals surface area contributed by atoms with Crippen LogP contribution in [0.1, 0.15) is 24.8 Å². The van der Waals surface area contributed by atoms with E-state index in [0.717, 1.165) is 18.4 Å². The minimum Gasteiger partial charge on any atom is -0.472 e. The number of aliphatic hydroxyl groups excluding tert-OH is 1. The second kappa shape index (κ2) is 4.11. The Morgan fingerprint density at radius 2 is 2.00 bits per heavy atom. The average Bonchev–Trinajstić information content (AvgIpc) is 2.72. The summed E-state index contributed by atoms with van der Waals surface area (Å²) in [5, 5.41) is 9.57. The molecule has 3 rings (SSSR count). The second-order valence-electron chi connectivity index (χ2n) is 4.63. The predicted octanol–water partition coefficient (Wildman–Crippen LogP) is 1.88. The number of halogens is 1. The number of nitrogens with zero attached hydrogens (tertiary/aromatic N) is 1. The Bertz CT molecular complexity index is 443. The Morgan fingerprint density at radius 3 is 2.76 bits per heavy atom. The van der Waals surface area contributed by atoms with Gasteiger partial charge in [-0.2, -0.15) is 0 Å². The summed E-state index contributed by atoms with van der Waals surface area (Å²) in [5.74, 6) is 0.314. The highest BCUT2D eigenvalue weighted by molar-refractivity contribution is 5.95. The van der Waals surface area contributed by atoms with Gasteiger partial charge in [0.15, 0.2) is 0 Å². The topological polar surface area (TPSA) is 41.8 Å². The standard InChI is InChI=1S/C13H14FNO2/c14-9-3-1-8(2-4-9)13-15-11-6-5-10(16)7-12(11)17-13/h1-4,10-12,16H,5-7H2. The highest BCUT2D eigenvalue weighted by Crippen LogP contribution is 2.30. The summed E-state index contributed by atoms with van der Waals surface area (Å²) in [6, 6.07) is 6.29. The van der Waals surface area contributed by atoms with Crippen molar-refractivity contribution in [3.8, 4) is 0 Å². The number of rotatable bonds is 1. The van der Waals surface area contributed by atoms with Gasteiger partial charge < -0.3 is 9.84 Å². The molecule has 17 heavy (non-hydrogen) atoms. The van der Waals surface area contributed by atoms with E-state index in [2.05, 4.69) is 4.99 Å². The fourth-order valence-electron chi connectivity index (χ4n) is 2.43. The van der Waals surface area contributed by atoms with Crippen LogP contribution in [0.15, 0.2) is 29.3 Å². The molecule has 2 aliphatic rings. The second-order valence-corrected chi connectivity index (χ2v) is 4.63. The SMILES string of the molecule is OC1CCC2N=C(c3ccc(F)cc3)OC2C1. The molecule has 1 fully saturated rings. The van der Waals surface area contributed by atoms with Crippen LogP contribution >= 0.6 is 0 Å². The molecule has 1 N–H and O–H groups in total. The van der Waals surface area contributed by atoms with Crippen LogP contribution in [0.4, 0.5) is 4.39 Å². The van der Waals surface area contributed by atoms with Crippen molar-refractivity contribution in [2.75, 3.05) is 0 Å². The minimum atomic E-state index is -0.279. The lowest BCUT2D eigenvalue weighted by atomic mass is 9.91. The highest BCUT2D eigenvalue weighted by Gasteiger charge is 2.36. The van der Waals surface area contributed by atoms with E-state index in [4.69, 9.17) is 4.74 Å². The lowest BCUT2D eigenvalue weighted by Gasteiger charge is -2.26. The van der Waals surface area contributed by atoms with Crippen molar-refractivity contribution < 1.29 is 14.2 Å². The fraction of sp³-hybridized carbons (Fsp3) is 0.462. The van der Waals surface area contributed by atoms with Gasteiger partial charge in [0, 0.05) is 12.0 Å². The van der Waals surface area contributed by atoms with Crippen LogP contribution in [0.25, 0.3) is 0 Å². The Balaban J connectivity index is 1.80. The van der Waals surface area contributed by atoms with E-state index in [-0.39, 0.29) is 24.1 Å². The van der Waals surface area contributed by atoms with Crippen LogP contribution in [-0.4, -0.2) is 29.3 Å². The summed E-state index contributed by atoms with van der Waals surface area (Å²) in [5.41, 5.74) is 0.801. The minimum absolute atomic E-state index is 0.0150. The molecule has 0 radical (unpaired) electrons. The molecule has 1 aromatic rings. The van der Waals surface area contributed by atoms with Gasteiger partial charge in [0.05, 0.1) is 12.1 Å². The van der Waals surface area contributed by atoms with Crippen molar-refractivity contribution >= 4 is 5.90 Å². The smallest absolute Gasteiger partial charge is 0.216 e. The third kappa shape index (κ3) is 2.05. The largest absolute Gasteiger partial charge is 0.472 e. The number of fused-ring (bicyclic) bond motifs is 1. The van der Waals surface area contributed by atoms with Gasteiger partial charge in [-0.3, -0.25) is 0 Å². The number of aliphatic hydroxyl groups is 1. The lowest BCUT2D eigenvalue weighted by molar-refractivity contribution is 0.0507. The van der Waals surface area contributed by atoms with Crippen LogP contribution in [0.5, 0.6) is 0 Å². The Labute approximate surface area is 98.9 Å². The molecule has 0 amide bonds. The summed E-state index contributed by atoms with van der Waals surface area (Å²) >= 11 is 0. The van der Waals surface area contributed by atoms with Gasteiger partial charge in [-0.15, -0.1) is 0 Å². The molecular formula is C13H14FNO2. The maximum absolute atomic E-state index is 12.8. The molecule has 0 spiro atoms. The van der Waals surface area contributed by atoms with E-state index >= 15 is 0 Å². The molecule has 90 valence electrons. The monoisotopic (exact) mass is 235 g/mol. The molecular weight excluding hydrogens is 221 g/mol. The van der Waals surface area contributed by atoms with Crippen molar-refractivity contribution in [2.45, 2.75) is 37.5 Å². The third-order valence-electron chi connectivity index (χ3n) is 3.37. The van der Waals surface area contributed by atoms with Crippen LogP contribution in [0.3, 0.4) is 0 Å². The van der Waals surface area contributed by atoms with Gasteiger partial charge in [0.2, 0.25) is 5.90 Å². The zero-order valence-corrected chi connectivity index (χ0v) is 9.34. The van der Waals surface area contributed by atoms with Crippen LogP contribution < -0.4 is 0 Å². The van der Waals surface area contributed by atoms with Crippen molar-refractivity contribution in [3.05, 3.63) is 35.6 Å². The first-order valence-corrected chi connectivity index (χ1v) is 5.91. The summed E-state index contributed by atoms with van der Waals surface area (Å²) in [6.45, 7) is 0. The number of aliphatic imine (C=N–C) groups is 1. The quantitative estimate of drug-likeness (QED) is 0.807. The maximum Gasteiger partial charge on any atom is 0.216 e. The highest BCUT2D eigenvalue weighted by atomic mass is 19.1. The Kier molecular flexibility index (Phi) is 2.59. The summed E-state index contributed by atoms with van der Waals surface area (Å²) in [6.07, 6.45) is 1.98. The number of benzene rings is 1. The molecule has 0 saturated heterocycles. The normalized spacial score (nSPS) is 31.6. The molecule has 1 saturated carbocycles. The average molecular weight is 235 g/mol. The summed E-state index contributed by atoms with van der Waals surface area (Å²) < 4.78 is 18.5. The van der Waals surface area contributed by atoms with Gasteiger partial charge in [0.1, 0.15) is 11.9 Å². The predicted molar refractivity (Wildman–Crippen MR) is 61.5 cm³/mol. The Hall–Kier alpha value is -1.42. The zero-order chi connectivity index (χ0) is 11.8. The molecule has 1 aromatic carbocycles. The van der Waals surface area contributed by atoms with E-state index in [1.54, 1.807) is 12.1 Å². The van der Waals surface area contributed by atoms with Crippen molar-refractivity contribution in [2.24, 2.45) is 4.99 Å². The first-order chi connectivity index (χ1) is 8.22. The van der Waals surface area contributed by atoms with Gasteiger partial charge in [-0.1, -0.05) is 0 Å². The Morgan fingerprint density at radius 1 is 1.24 bits per heavy atom. The molecule has 3 unspecified atom stereocenters. The van der Waals surface area contributed by atoms with E-state index in [0.29, 0.717) is 12.3 Å². The third-order valence-corrected chi connectivity index (χ3v) is 3.37. The lowest BCUT2D eigenvalue weighted by Crippen LogP contribution is -2.33. The van der Waals surface area contributed by atoms with Gasteiger partial charge in [0.25, 0.3) is 0 Å². The van der Waals surface area contributed by atoms with Gasteiger partial charge >= 0.3 is 0 Å². The van der Waals surface area contributed by atoms with Crippen molar-refractivity contribution in [1.29, 1.82) is 0 Å². The van der Waals surface area contributed by atoms with Gasteiger partial charge in [-0.05, 0) is 37.1 Å². The van der Waals surface area contributed by atoms with Gasteiger partial charge in [-0.25, -0.2) is 9.38 Å². The summed E-state index contributed by atoms with van der Waals surface area (Å²) in [7, 11) is 0. The van der Waals surface area contributed by atoms with E-state index in [9.17, 15) is 9.50 Å². The number of hydrogen-bond donors (Lipinski definition) is 1. The molecule has 3 atom stereocenters. The van der Waals surface area contributed by atoms with E-state index < -0.39 is 0 Å². The maximum atomic E-state index is 12.8. The molecule has 1 aliphatic carbocycles. The van der Waals surface area contributed by atoms with Crippen LogP contribution in [-0.2, 0) is 4.74 Å². The van der Waals surface area contributed by atoms with E-state index in [1.165, 1.54) is 12.1 Å². The molecule has 0 aromatic heterocycles. The molecule has 0 bridgehead atoms. The zero-order valence-electron chi connectivity index (χ0n) is 9.34. The molecule has 3 nitrogen and oxygen atoms in total. The molecule has 1 heterocycles.